The molecule has 1 atom stereocenters. The van der Waals surface area contributed by atoms with Crippen LogP contribution in [0, 0.1) is 0 Å². The molecule has 0 aliphatic heterocycles. The van der Waals surface area contributed by atoms with E-state index in [1.54, 1.807) is 12.1 Å². The highest BCUT2D eigenvalue weighted by Gasteiger charge is 2.19. The number of benzene rings is 1. The molecule has 0 aromatic heterocycles. The Hall–Kier alpha value is -2.08. The summed E-state index contributed by atoms with van der Waals surface area (Å²) in [5.74, 6) is -1.29. The van der Waals surface area contributed by atoms with E-state index in [9.17, 15) is 9.59 Å². The summed E-state index contributed by atoms with van der Waals surface area (Å²) in [4.78, 5) is 21.8. The summed E-state index contributed by atoms with van der Waals surface area (Å²) in [5, 5.41) is 10.7. The Morgan fingerprint density at radius 1 is 1.35 bits per heavy atom. The average Bonchev–Trinajstić information content (AvgIpc) is 2.34. The molecular weight excluding hydrogens is 226 g/mol. The predicted molar refractivity (Wildman–Crippen MR) is 58.2 cm³/mol. The first-order valence-corrected chi connectivity index (χ1v) is 4.86. The molecule has 92 valence electrons. The van der Waals surface area contributed by atoms with Gasteiger partial charge in [-0.25, -0.2) is 9.59 Å². The van der Waals surface area contributed by atoms with E-state index in [1.807, 2.05) is 18.2 Å². The van der Waals surface area contributed by atoms with Crippen molar-refractivity contribution < 1.29 is 24.2 Å². The number of rotatable bonds is 5. The SMILES string of the molecule is COC(NC(=O)OCc1ccccc1)C(=O)O. The number of aliphatic carboxylic acids is 1. The van der Waals surface area contributed by atoms with Gasteiger partial charge >= 0.3 is 12.1 Å². The fourth-order valence-corrected chi connectivity index (χ4v) is 1.09. The quantitative estimate of drug-likeness (QED) is 0.748. The van der Waals surface area contributed by atoms with Crippen LogP contribution in [0.1, 0.15) is 5.56 Å². The largest absolute Gasteiger partial charge is 0.478 e. The topological polar surface area (TPSA) is 84.9 Å². The van der Waals surface area contributed by atoms with Crippen LogP contribution < -0.4 is 5.32 Å². The monoisotopic (exact) mass is 239 g/mol. The summed E-state index contributed by atoms with van der Waals surface area (Å²) in [6, 6.07) is 9.04. The molecule has 6 nitrogen and oxygen atoms in total. The number of hydrogen-bond acceptors (Lipinski definition) is 4. The minimum Gasteiger partial charge on any atom is -0.478 e. The molecular formula is C11H13NO5. The van der Waals surface area contributed by atoms with Crippen LogP contribution in [-0.2, 0) is 20.9 Å². The van der Waals surface area contributed by atoms with Gasteiger partial charge in [0.2, 0.25) is 6.23 Å². The normalized spacial score (nSPS) is 11.6. The Labute approximate surface area is 98.2 Å². The number of ether oxygens (including phenoxy) is 2. The highest BCUT2D eigenvalue weighted by molar-refractivity contribution is 5.78. The third-order valence-electron chi connectivity index (χ3n) is 1.92. The summed E-state index contributed by atoms with van der Waals surface area (Å²) in [6.45, 7) is 0.0721. The number of hydrogen-bond donors (Lipinski definition) is 2. The van der Waals surface area contributed by atoms with Crippen LogP contribution in [0.3, 0.4) is 0 Å². The molecule has 0 bridgehead atoms. The van der Waals surface area contributed by atoms with Crippen molar-refractivity contribution in [1.29, 1.82) is 0 Å². The molecule has 0 heterocycles. The highest BCUT2D eigenvalue weighted by Crippen LogP contribution is 2.00. The Balaban J connectivity index is 2.37. The van der Waals surface area contributed by atoms with Crippen molar-refractivity contribution in [3.63, 3.8) is 0 Å². The number of alkyl carbamates (subject to hydrolysis) is 1. The molecule has 0 saturated carbocycles. The maximum absolute atomic E-state index is 11.2. The highest BCUT2D eigenvalue weighted by atomic mass is 16.6. The molecule has 0 fully saturated rings. The summed E-state index contributed by atoms with van der Waals surface area (Å²) >= 11 is 0. The zero-order valence-electron chi connectivity index (χ0n) is 9.25. The molecule has 1 amide bonds. The Morgan fingerprint density at radius 2 is 2.00 bits per heavy atom. The van der Waals surface area contributed by atoms with Crippen LogP contribution >= 0.6 is 0 Å². The number of carboxylic acid groups (broad SMARTS) is 1. The average molecular weight is 239 g/mol. The first kappa shape index (κ1) is 13.0. The molecule has 1 aromatic carbocycles. The van der Waals surface area contributed by atoms with Crippen molar-refractivity contribution in [1.82, 2.24) is 5.32 Å². The van der Waals surface area contributed by atoms with Crippen LogP contribution in [0.4, 0.5) is 4.79 Å². The summed E-state index contributed by atoms with van der Waals surface area (Å²) < 4.78 is 9.34. The zero-order valence-corrected chi connectivity index (χ0v) is 9.25. The van der Waals surface area contributed by atoms with Gasteiger partial charge in [0.05, 0.1) is 0 Å². The van der Waals surface area contributed by atoms with Gasteiger partial charge in [-0.15, -0.1) is 0 Å². The van der Waals surface area contributed by atoms with Gasteiger partial charge in [0.25, 0.3) is 0 Å². The Bertz CT molecular complexity index is 379. The van der Waals surface area contributed by atoms with E-state index in [0.717, 1.165) is 5.56 Å². The number of nitrogens with one attached hydrogen (secondary N) is 1. The molecule has 1 unspecified atom stereocenters. The number of methoxy groups -OCH3 is 1. The number of amides is 1. The van der Waals surface area contributed by atoms with Crippen LogP contribution in [0.25, 0.3) is 0 Å². The standard InChI is InChI=1S/C11H13NO5/c1-16-9(10(13)14)12-11(15)17-7-8-5-3-2-4-6-8/h2-6,9H,7H2,1H3,(H,12,15)(H,13,14). The van der Waals surface area contributed by atoms with Crippen molar-refractivity contribution in [2.75, 3.05) is 7.11 Å². The zero-order chi connectivity index (χ0) is 12.7. The molecule has 0 spiro atoms. The van der Waals surface area contributed by atoms with Crippen LogP contribution in [-0.4, -0.2) is 30.5 Å². The lowest BCUT2D eigenvalue weighted by atomic mass is 10.2. The fraction of sp³-hybridized carbons (Fsp3) is 0.273. The first-order chi connectivity index (χ1) is 8.13. The molecule has 0 saturated heterocycles. The van der Waals surface area contributed by atoms with Crippen LogP contribution in [0.15, 0.2) is 30.3 Å². The molecule has 1 rings (SSSR count). The van der Waals surface area contributed by atoms with Crippen molar-refractivity contribution in [2.45, 2.75) is 12.8 Å². The van der Waals surface area contributed by atoms with Gasteiger partial charge in [-0.1, -0.05) is 30.3 Å². The maximum Gasteiger partial charge on any atom is 0.409 e. The van der Waals surface area contributed by atoms with E-state index < -0.39 is 18.3 Å². The third kappa shape index (κ3) is 4.52. The van der Waals surface area contributed by atoms with Gasteiger partial charge in [-0.05, 0) is 5.56 Å². The molecule has 0 aliphatic carbocycles. The molecule has 2 N–H and O–H groups in total. The lowest BCUT2D eigenvalue weighted by Gasteiger charge is -2.12. The van der Waals surface area contributed by atoms with E-state index >= 15 is 0 Å². The minimum absolute atomic E-state index is 0.0721. The second kappa shape index (κ2) is 6.49. The second-order valence-electron chi connectivity index (χ2n) is 3.16. The smallest absolute Gasteiger partial charge is 0.409 e. The summed E-state index contributed by atoms with van der Waals surface area (Å²) in [7, 11) is 1.18. The number of carbonyl (C=O) groups is 2. The molecule has 6 heteroatoms. The lowest BCUT2D eigenvalue weighted by Crippen LogP contribution is -2.42. The van der Waals surface area contributed by atoms with Gasteiger partial charge in [0.1, 0.15) is 6.61 Å². The van der Waals surface area contributed by atoms with E-state index in [-0.39, 0.29) is 6.61 Å². The van der Waals surface area contributed by atoms with Crippen molar-refractivity contribution in [3.05, 3.63) is 35.9 Å². The van der Waals surface area contributed by atoms with Gasteiger partial charge < -0.3 is 14.6 Å². The first-order valence-electron chi connectivity index (χ1n) is 4.86. The van der Waals surface area contributed by atoms with Crippen LogP contribution in [0.5, 0.6) is 0 Å². The summed E-state index contributed by atoms with van der Waals surface area (Å²) in [6.07, 6.45) is -2.25. The molecule has 1 aromatic rings. The van der Waals surface area contributed by atoms with E-state index in [2.05, 4.69) is 10.1 Å². The fourth-order valence-electron chi connectivity index (χ4n) is 1.09. The van der Waals surface area contributed by atoms with Gasteiger partial charge in [0.15, 0.2) is 0 Å². The van der Waals surface area contributed by atoms with Crippen molar-refractivity contribution in [2.24, 2.45) is 0 Å². The van der Waals surface area contributed by atoms with Gasteiger partial charge in [-0.3, -0.25) is 5.32 Å². The predicted octanol–water partition coefficient (Wildman–Crippen LogP) is 0.970. The lowest BCUT2D eigenvalue weighted by molar-refractivity contribution is -0.150. The van der Waals surface area contributed by atoms with Crippen molar-refractivity contribution >= 4 is 12.1 Å². The van der Waals surface area contributed by atoms with E-state index in [0.29, 0.717) is 0 Å². The van der Waals surface area contributed by atoms with E-state index in [1.165, 1.54) is 7.11 Å². The molecule has 17 heavy (non-hydrogen) atoms. The van der Waals surface area contributed by atoms with Crippen LogP contribution in [0.2, 0.25) is 0 Å². The minimum atomic E-state index is -1.40. The van der Waals surface area contributed by atoms with E-state index in [4.69, 9.17) is 9.84 Å². The number of carbonyl (C=O) groups excluding carboxylic acids is 1. The van der Waals surface area contributed by atoms with Gasteiger partial charge in [-0.2, -0.15) is 0 Å². The molecule has 0 radical (unpaired) electrons. The van der Waals surface area contributed by atoms with Crippen molar-refractivity contribution in [3.8, 4) is 0 Å². The second-order valence-corrected chi connectivity index (χ2v) is 3.16. The van der Waals surface area contributed by atoms with Gasteiger partial charge in [0, 0.05) is 7.11 Å². The Kier molecular flexibility index (Phi) is 4.96. The Morgan fingerprint density at radius 3 is 2.53 bits per heavy atom. The maximum atomic E-state index is 11.2. The number of carboxylic acids is 1. The third-order valence-corrected chi connectivity index (χ3v) is 1.92. The summed E-state index contributed by atoms with van der Waals surface area (Å²) in [5.41, 5.74) is 0.812. The molecule has 0 aliphatic rings.